The van der Waals surface area contributed by atoms with E-state index in [0.29, 0.717) is 6.04 Å². The van der Waals surface area contributed by atoms with Gasteiger partial charge < -0.3 is 9.88 Å². The van der Waals surface area contributed by atoms with E-state index in [4.69, 9.17) is 0 Å². The van der Waals surface area contributed by atoms with Crippen LogP contribution in [0.3, 0.4) is 0 Å². The maximum Gasteiger partial charge on any atom is 0.182 e. The number of aromatic nitrogens is 4. The van der Waals surface area contributed by atoms with Gasteiger partial charge in [0, 0.05) is 18.8 Å². The number of pyridine rings is 1. The van der Waals surface area contributed by atoms with Crippen molar-refractivity contribution in [2.75, 3.05) is 6.54 Å². The van der Waals surface area contributed by atoms with Crippen molar-refractivity contribution in [1.29, 1.82) is 0 Å². The Morgan fingerprint density at radius 1 is 1.38 bits per heavy atom. The Bertz CT molecular complexity index is 490. The van der Waals surface area contributed by atoms with E-state index in [9.17, 15) is 0 Å². The molecule has 0 saturated heterocycles. The molecule has 2 aromatic rings. The molecule has 3 heterocycles. The first-order valence-electron chi connectivity index (χ1n) is 5.42. The summed E-state index contributed by atoms with van der Waals surface area (Å²) >= 11 is 0. The molecule has 0 aliphatic carbocycles. The van der Waals surface area contributed by atoms with E-state index in [2.05, 4.69) is 32.0 Å². The Balaban J connectivity index is 2.13. The van der Waals surface area contributed by atoms with Gasteiger partial charge in [-0.2, -0.15) is 0 Å². The quantitative estimate of drug-likeness (QED) is 0.771. The molecular weight excluding hydrogens is 202 g/mol. The van der Waals surface area contributed by atoms with E-state index in [1.54, 1.807) is 6.20 Å². The summed E-state index contributed by atoms with van der Waals surface area (Å²) in [6.45, 7) is 3.89. The van der Waals surface area contributed by atoms with Crippen LogP contribution < -0.4 is 5.32 Å². The molecule has 0 amide bonds. The number of nitrogens with zero attached hydrogens (tertiary/aromatic N) is 4. The highest BCUT2D eigenvalue weighted by molar-refractivity contribution is 5.49. The lowest BCUT2D eigenvalue weighted by molar-refractivity contribution is 0.424. The molecule has 1 atom stereocenters. The van der Waals surface area contributed by atoms with Crippen LogP contribution in [0.1, 0.15) is 18.8 Å². The van der Waals surface area contributed by atoms with Gasteiger partial charge in [-0.15, -0.1) is 10.2 Å². The van der Waals surface area contributed by atoms with Crippen LogP contribution in [0.15, 0.2) is 24.4 Å². The monoisotopic (exact) mass is 215 g/mol. The van der Waals surface area contributed by atoms with Gasteiger partial charge in [-0.3, -0.25) is 4.98 Å². The fourth-order valence-corrected chi connectivity index (χ4v) is 2.06. The molecule has 0 fully saturated rings. The highest BCUT2D eigenvalue weighted by Gasteiger charge is 2.22. The molecule has 0 aromatic carbocycles. The van der Waals surface area contributed by atoms with Crippen LogP contribution in [0.25, 0.3) is 11.5 Å². The van der Waals surface area contributed by atoms with Crippen LogP contribution in [-0.2, 0) is 6.54 Å². The van der Waals surface area contributed by atoms with Crippen molar-refractivity contribution in [2.24, 2.45) is 0 Å². The Kier molecular flexibility index (Phi) is 2.18. The molecule has 5 nitrogen and oxygen atoms in total. The number of hydrogen-bond donors (Lipinski definition) is 1. The average molecular weight is 215 g/mol. The van der Waals surface area contributed by atoms with Crippen LogP contribution in [-0.4, -0.2) is 26.3 Å². The van der Waals surface area contributed by atoms with Crippen molar-refractivity contribution in [2.45, 2.75) is 19.5 Å². The molecule has 3 rings (SSSR count). The van der Waals surface area contributed by atoms with Crippen molar-refractivity contribution >= 4 is 0 Å². The second-order valence-corrected chi connectivity index (χ2v) is 4.00. The SMILES string of the molecule is C[C@H]1CNCc2nnc(-c3ccccn3)n21. The first-order valence-corrected chi connectivity index (χ1v) is 5.42. The molecule has 0 bridgehead atoms. The van der Waals surface area contributed by atoms with Crippen molar-refractivity contribution in [3.05, 3.63) is 30.2 Å². The van der Waals surface area contributed by atoms with Gasteiger partial charge in [-0.1, -0.05) is 6.07 Å². The fraction of sp³-hybridized carbons (Fsp3) is 0.364. The van der Waals surface area contributed by atoms with Gasteiger partial charge >= 0.3 is 0 Å². The first-order chi connectivity index (χ1) is 7.86. The summed E-state index contributed by atoms with van der Waals surface area (Å²) in [5, 5.41) is 11.7. The summed E-state index contributed by atoms with van der Waals surface area (Å²) < 4.78 is 2.17. The van der Waals surface area contributed by atoms with Crippen LogP contribution in [0.2, 0.25) is 0 Å². The zero-order valence-electron chi connectivity index (χ0n) is 9.09. The summed E-state index contributed by atoms with van der Waals surface area (Å²) in [6.07, 6.45) is 1.78. The molecule has 0 unspecified atom stereocenters. The van der Waals surface area contributed by atoms with Gasteiger partial charge in [-0.05, 0) is 19.1 Å². The second kappa shape index (κ2) is 3.68. The molecule has 0 saturated carbocycles. The lowest BCUT2D eigenvalue weighted by atomic mass is 10.2. The van der Waals surface area contributed by atoms with Gasteiger partial charge in [0.2, 0.25) is 0 Å². The van der Waals surface area contributed by atoms with E-state index in [0.717, 1.165) is 30.4 Å². The summed E-state index contributed by atoms with van der Waals surface area (Å²) in [4.78, 5) is 4.32. The van der Waals surface area contributed by atoms with Crippen LogP contribution in [0, 0.1) is 0 Å². The third-order valence-corrected chi connectivity index (χ3v) is 2.82. The Morgan fingerprint density at radius 3 is 3.12 bits per heavy atom. The third kappa shape index (κ3) is 1.40. The summed E-state index contributed by atoms with van der Waals surface area (Å²) in [7, 11) is 0. The Labute approximate surface area is 93.5 Å². The first kappa shape index (κ1) is 9.47. The van der Waals surface area contributed by atoms with Gasteiger partial charge in [-0.25, -0.2) is 0 Å². The van der Waals surface area contributed by atoms with Gasteiger partial charge in [0.1, 0.15) is 11.5 Å². The molecule has 0 radical (unpaired) electrons. The molecule has 1 aliphatic rings. The fourth-order valence-electron chi connectivity index (χ4n) is 2.06. The molecule has 1 aliphatic heterocycles. The van der Waals surface area contributed by atoms with Crippen molar-refractivity contribution in [3.63, 3.8) is 0 Å². The largest absolute Gasteiger partial charge is 0.308 e. The zero-order chi connectivity index (χ0) is 11.0. The maximum absolute atomic E-state index is 4.32. The number of hydrogen-bond acceptors (Lipinski definition) is 4. The molecule has 2 aromatic heterocycles. The molecule has 0 spiro atoms. The van der Waals surface area contributed by atoms with Crippen LogP contribution in [0.5, 0.6) is 0 Å². The molecule has 5 heteroatoms. The van der Waals surface area contributed by atoms with Crippen LogP contribution >= 0.6 is 0 Å². The van der Waals surface area contributed by atoms with Gasteiger partial charge in [0.25, 0.3) is 0 Å². The molecular formula is C11H13N5. The molecule has 16 heavy (non-hydrogen) atoms. The molecule has 82 valence electrons. The lowest BCUT2D eigenvalue weighted by Gasteiger charge is -2.23. The summed E-state index contributed by atoms with van der Waals surface area (Å²) in [5.41, 5.74) is 0.884. The van der Waals surface area contributed by atoms with E-state index < -0.39 is 0 Å². The molecule has 1 N–H and O–H groups in total. The Morgan fingerprint density at radius 2 is 2.31 bits per heavy atom. The third-order valence-electron chi connectivity index (χ3n) is 2.82. The number of fused-ring (bicyclic) bond motifs is 1. The summed E-state index contributed by atoms with van der Waals surface area (Å²) in [6, 6.07) is 6.21. The topological polar surface area (TPSA) is 55.6 Å². The second-order valence-electron chi connectivity index (χ2n) is 4.00. The minimum absolute atomic E-state index is 0.371. The lowest BCUT2D eigenvalue weighted by Crippen LogP contribution is -2.32. The predicted molar refractivity (Wildman–Crippen MR) is 59.7 cm³/mol. The smallest absolute Gasteiger partial charge is 0.182 e. The van der Waals surface area contributed by atoms with Gasteiger partial charge in [0.15, 0.2) is 5.82 Å². The predicted octanol–water partition coefficient (Wildman–Crippen LogP) is 1.00. The van der Waals surface area contributed by atoms with E-state index >= 15 is 0 Å². The van der Waals surface area contributed by atoms with Gasteiger partial charge in [0.05, 0.1) is 6.54 Å². The Hall–Kier alpha value is -1.75. The normalized spacial score (nSPS) is 19.4. The maximum atomic E-state index is 4.32. The minimum atomic E-state index is 0.371. The highest BCUT2D eigenvalue weighted by Crippen LogP contribution is 2.22. The summed E-state index contributed by atoms with van der Waals surface area (Å²) in [5.74, 6) is 1.85. The van der Waals surface area contributed by atoms with Crippen molar-refractivity contribution in [1.82, 2.24) is 25.1 Å². The highest BCUT2D eigenvalue weighted by atomic mass is 15.3. The average Bonchev–Trinajstić information content (AvgIpc) is 2.75. The minimum Gasteiger partial charge on any atom is -0.308 e. The standard InChI is InChI=1S/C11H13N5/c1-8-6-12-7-10-14-15-11(16(8)10)9-4-2-3-5-13-9/h2-5,8,12H,6-7H2,1H3/t8-/m0/s1. The van der Waals surface area contributed by atoms with Crippen molar-refractivity contribution < 1.29 is 0 Å². The van der Waals surface area contributed by atoms with Crippen LogP contribution in [0.4, 0.5) is 0 Å². The van der Waals surface area contributed by atoms with E-state index in [1.807, 2.05) is 18.2 Å². The van der Waals surface area contributed by atoms with E-state index in [1.165, 1.54) is 0 Å². The number of rotatable bonds is 1. The number of nitrogens with one attached hydrogen (secondary N) is 1. The van der Waals surface area contributed by atoms with E-state index in [-0.39, 0.29) is 0 Å². The zero-order valence-corrected chi connectivity index (χ0v) is 9.09. The van der Waals surface area contributed by atoms with Crippen molar-refractivity contribution in [3.8, 4) is 11.5 Å².